The lowest BCUT2D eigenvalue weighted by Gasteiger charge is -2.24. The van der Waals surface area contributed by atoms with Gasteiger partial charge in [0.15, 0.2) is 9.84 Å². The maximum Gasteiger partial charge on any atom is 0.417 e. The van der Waals surface area contributed by atoms with Gasteiger partial charge < -0.3 is 5.32 Å². The Bertz CT molecular complexity index is 1210. The van der Waals surface area contributed by atoms with Gasteiger partial charge in [-0.15, -0.1) is 0 Å². The van der Waals surface area contributed by atoms with Gasteiger partial charge in [0, 0.05) is 6.26 Å². The summed E-state index contributed by atoms with van der Waals surface area (Å²) in [5.41, 5.74) is -1.06. The fraction of sp³-hybridized carbons (Fsp3) is 0.316. The van der Waals surface area contributed by atoms with Crippen LogP contribution in [0.4, 0.5) is 18.9 Å². The van der Waals surface area contributed by atoms with Crippen LogP contribution in [0, 0.1) is 0 Å². The summed E-state index contributed by atoms with van der Waals surface area (Å²) in [5.74, 6) is -0.779. The SMILES string of the molecule is CC(NC(=O)CN(c1ccc(Cl)c(C(F)(F)F)c1)S(C)(=O)=O)c1ccc(S(C)(=O)=O)cc1. The predicted molar refractivity (Wildman–Crippen MR) is 115 cm³/mol. The molecule has 0 spiro atoms. The van der Waals surface area contributed by atoms with Crippen LogP contribution in [0.3, 0.4) is 0 Å². The van der Waals surface area contributed by atoms with E-state index in [4.69, 9.17) is 11.6 Å². The molecular formula is C19H20ClF3N2O5S2. The number of hydrogen-bond donors (Lipinski definition) is 1. The standard InChI is InChI=1S/C19H20ClF3N2O5S2/c1-12(13-4-7-15(8-5-13)31(2,27)28)24-18(26)11-25(32(3,29)30)14-6-9-17(20)16(10-14)19(21,22)23/h4-10,12H,11H2,1-3H3,(H,24,26). The average Bonchev–Trinajstić information content (AvgIpc) is 2.64. The van der Waals surface area contributed by atoms with Crippen molar-refractivity contribution in [1.82, 2.24) is 5.32 Å². The Hall–Kier alpha value is -2.31. The van der Waals surface area contributed by atoms with Crippen molar-refractivity contribution in [3.05, 3.63) is 58.6 Å². The van der Waals surface area contributed by atoms with Gasteiger partial charge in [-0.1, -0.05) is 23.7 Å². The maximum atomic E-state index is 13.1. The zero-order valence-corrected chi connectivity index (χ0v) is 19.5. The molecule has 32 heavy (non-hydrogen) atoms. The van der Waals surface area contributed by atoms with Gasteiger partial charge >= 0.3 is 6.18 Å². The number of rotatable bonds is 7. The van der Waals surface area contributed by atoms with Crippen LogP contribution in [0.1, 0.15) is 24.1 Å². The minimum absolute atomic E-state index is 0.0891. The highest BCUT2D eigenvalue weighted by Crippen LogP contribution is 2.37. The molecular weight excluding hydrogens is 493 g/mol. The molecule has 2 rings (SSSR count). The summed E-state index contributed by atoms with van der Waals surface area (Å²) in [5, 5.41) is 1.93. The number of carbonyl (C=O) groups excluding carboxylic acids is 1. The predicted octanol–water partition coefficient (Wildman–Crippen LogP) is 3.41. The second kappa shape index (κ2) is 9.28. The van der Waals surface area contributed by atoms with E-state index in [2.05, 4.69) is 5.32 Å². The molecule has 13 heteroatoms. The monoisotopic (exact) mass is 512 g/mol. The van der Waals surface area contributed by atoms with Gasteiger partial charge in [-0.3, -0.25) is 9.10 Å². The van der Waals surface area contributed by atoms with Crippen molar-refractivity contribution in [3.8, 4) is 0 Å². The minimum atomic E-state index is -4.81. The van der Waals surface area contributed by atoms with E-state index in [0.717, 1.165) is 24.6 Å². The number of carbonyl (C=O) groups is 1. The van der Waals surface area contributed by atoms with Gasteiger partial charge in [0.1, 0.15) is 6.54 Å². The number of benzene rings is 2. The van der Waals surface area contributed by atoms with Crippen molar-refractivity contribution in [1.29, 1.82) is 0 Å². The van der Waals surface area contributed by atoms with Crippen molar-refractivity contribution in [2.45, 2.75) is 24.0 Å². The highest BCUT2D eigenvalue weighted by atomic mass is 35.5. The van der Waals surface area contributed by atoms with Crippen LogP contribution >= 0.6 is 11.6 Å². The average molecular weight is 513 g/mol. The quantitative estimate of drug-likeness (QED) is 0.613. The Labute approximate surface area is 189 Å². The van der Waals surface area contributed by atoms with Crippen LogP contribution in [0.15, 0.2) is 47.4 Å². The first kappa shape index (κ1) is 25.9. The molecule has 1 unspecified atom stereocenters. The van der Waals surface area contributed by atoms with Crippen LogP contribution in [0.5, 0.6) is 0 Å². The van der Waals surface area contributed by atoms with E-state index in [0.29, 0.717) is 15.9 Å². The Morgan fingerprint density at radius 2 is 1.62 bits per heavy atom. The van der Waals surface area contributed by atoms with Crippen LogP contribution < -0.4 is 9.62 Å². The summed E-state index contributed by atoms with van der Waals surface area (Å²) in [6, 6.07) is 7.61. The maximum absolute atomic E-state index is 13.1. The summed E-state index contributed by atoms with van der Waals surface area (Å²) < 4.78 is 87.4. The molecule has 0 bridgehead atoms. The summed E-state index contributed by atoms with van der Waals surface area (Å²) in [7, 11) is -7.51. The van der Waals surface area contributed by atoms with Crippen LogP contribution in [-0.2, 0) is 30.8 Å². The fourth-order valence-corrected chi connectivity index (χ4v) is 4.49. The summed E-state index contributed by atoms with van der Waals surface area (Å²) in [6.07, 6.45) is -3.01. The lowest BCUT2D eigenvalue weighted by atomic mass is 10.1. The fourth-order valence-electron chi connectivity index (χ4n) is 2.79. The third-order valence-corrected chi connectivity index (χ3v) is 7.02. The summed E-state index contributed by atoms with van der Waals surface area (Å²) >= 11 is 5.58. The number of hydrogen-bond acceptors (Lipinski definition) is 5. The van der Waals surface area contributed by atoms with Crippen LogP contribution in [0.25, 0.3) is 0 Å². The van der Waals surface area contributed by atoms with Crippen molar-refractivity contribution in [2.75, 3.05) is 23.4 Å². The van der Waals surface area contributed by atoms with E-state index in [1.54, 1.807) is 6.92 Å². The number of nitrogens with zero attached hydrogens (tertiary/aromatic N) is 1. The van der Waals surface area contributed by atoms with Crippen molar-refractivity contribution in [2.24, 2.45) is 0 Å². The van der Waals surface area contributed by atoms with Crippen molar-refractivity contribution < 1.29 is 34.8 Å². The number of sulfone groups is 1. The number of alkyl halides is 3. The number of halogens is 4. The molecule has 0 fully saturated rings. The highest BCUT2D eigenvalue weighted by Gasteiger charge is 2.34. The van der Waals surface area contributed by atoms with E-state index >= 15 is 0 Å². The molecule has 2 aromatic carbocycles. The summed E-state index contributed by atoms with van der Waals surface area (Å²) in [6.45, 7) is 0.811. The third kappa shape index (κ3) is 6.59. The van der Waals surface area contributed by atoms with Gasteiger partial charge in [0.2, 0.25) is 15.9 Å². The molecule has 0 saturated carbocycles. The van der Waals surface area contributed by atoms with Gasteiger partial charge in [-0.2, -0.15) is 13.2 Å². The Morgan fingerprint density at radius 3 is 2.09 bits per heavy atom. The molecule has 0 saturated heterocycles. The zero-order valence-electron chi connectivity index (χ0n) is 17.1. The topological polar surface area (TPSA) is 101 Å². The molecule has 176 valence electrons. The van der Waals surface area contributed by atoms with Gasteiger partial charge in [-0.05, 0) is 42.8 Å². The van der Waals surface area contributed by atoms with Crippen LogP contribution in [-0.4, -0.2) is 41.8 Å². The van der Waals surface area contributed by atoms with Gasteiger partial charge in [-0.25, -0.2) is 16.8 Å². The van der Waals surface area contributed by atoms with E-state index in [9.17, 15) is 34.8 Å². The van der Waals surface area contributed by atoms with Gasteiger partial charge in [0.05, 0.1) is 33.5 Å². The molecule has 2 aromatic rings. The molecule has 0 aliphatic carbocycles. The molecule has 1 amide bonds. The number of amides is 1. The van der Waals surface area contributed by atoms with Crippen molar-refractivity contribution in [3.63, 3.8) is 0 Å². The smallest absolute Gasteiger partial charge is 0.348 e. The summed E-state index contributed by atoms with van der Waals surface area (Å²) in [4.78, 5) is 12.6. The lowest BCUT2D eigenvalue weighted by molar-refractivity contribution is -0.137. The normalized spacial score (nSPS) is 13.5. The molecule has 0 heterocycles. The highest BCUT2D eigenvalue weighted by molar-refractivity contribution is 7.92. The third-order valence-electron chi connectivity index (χ3n) is 4.42. The Kier molecular flexibility index (Phi) is 7.52. The second-order valence-electron chi connectivity index (χ2n) is 7.06. The number of nitrogens with one attached hydrogen (secondary N) is 1. The first-order chi connectivity index (χ1) is 14.5. The molecule has 7 nitrogen and oxygen atoms in total. The first-order valence-electron chi connectivity index (χ1n) is 8.94. The number of sulfonamides is 1. The largest absolute Gasteiger partial charge is 0.417 e. The molecule has 1 N–H and O–H groups in total. The van der Waals surface area contributed by atoms with E-state index in [-0.39, 0.29) is 10.6 Å². The first-order valence-corrected chi connectivity index (χ1v) is 13.1. The second-order valence-corrected chi connectivity index (χ2v) is 11.4. The van der Waals surface area contributed by atoms with Gasteiger partial charge in [0.25, 0.3) is 0 Å². The molecule has 0 radical (unpaired) electrons. The molecule has 0 aliphatic heterocycles. The molecule has 0 aromatic heterocycles. The number of anilines is 1. The van der Waals surface area contributed by atoms with E-state index in [1.807, 2.05) is 0 Å². The molecule has 1 atom stereocenters. The Balaban J connectivity index is 2.25. The van der Waals surface area contributed by atoms with Crippen molar-refractivity contribution >= 4 is 43.1 Å². The Morgan fingerprint density at radius 1 is 1.06 bits per heavy atom. The van der Waals surface area contributed by atoms with Crippen LogP contribution in [0.2, 0.25) is 5.02 Å². The van der Waals surface area contributed by atoms with E-state index < -0.39 is 55.1 Å². The van der Waals surface area contributed by atoms with E-state index in [1.165, 1.54) is 24.3 Å². The minimum Gasteiger partial charge on any atom is -0.348 e. The lowest BCUT2D eigenvalue weighted by Crippen LogP contribution is -2.41. The zero-order chi connectivity index (χ0) is 24.5. The molecule has 0 aliphatic rings.